The minimum atomic E-state index is -3.25. The van der Waals surface area contributed by atoms with Crippen molar-refractivity contribution in [3.63, 3.8) is 0 Å². The fraction of sp³-hybridized carbons (Fsp3) is 0.0769. The molecule has 1 aromatic carbocycles. The van der Waals surface area contributed by atoms with Gasteiger partial charge in [-0.05, 0) is 18.2 Å². The summed E-state index contributed by atoms with van der Waals surface area (Å²) in [4.78, 5) is 4.54. The molecule has 0 aliphatic carbocycles. The molecule has 8 heteroatoms. The number of sulfonamides is 1. The Bertz CT molecular complexity index is 837. The average molecular weight is 320 g/mol. The quantitative estimate of drug-likeness (QED) is 0.773. The van der Waals surface area contributed by atoms with Gasteiger partial charge < -0.3 is 0 Å². The Kier molecular flexibility index (Phi) is 3.48. The molecule has 0 aliphatic rings. The Labute approximate surface area is 125 Å². The van der Waals surface area contributed by atoms with Crippen LogP contribution in [0.3, 0.4) is 0 Å². The van der Waals surface area contributed by atoms with Crippen molar-refractivity contribution >= 4 is 27.0 Å². The standard InChI is InChI=1S/C13H12N4O2S2/c1-21(18,19)17-10-4-2-9(3-5-10)12-8-20-13(15-12)11-6-7-14-16-11/h2-8,17H,1H3,(H,14,16). The van der Waals surface area contributed by atoms with Gasteiger partial charge in [0.15, 0.2) is 0 Å². The minimum absolute atomic E-state index is 0.533. The number of nitrogens with zero attached hydrogens (tertiary/aromatic N) is 2. The van der Waals surface area contributed by atoms with E-state index < -0.39 is 10.0 Å². The number of hydrogen-bond acceptors (Lipinski definition) is 5. The van der Waals surface area contributed by atoms with Crippen LogP contribution in [0.1, 0.15) is 0 Å². The molecule has 2 N–H and O–H groups in total. The van der Waals surface area contributed by atoms with Crippen LogP contribution < -0.4 is 4.72 Å². The van der Waals surface area contributed by atoms with Crippen LogP contribution in [0.5, 0.6) is 0 Å². The molecular formula is C13H12N4O2S2. The highest BCUT2D eigenvalue weighted by atomic mass is 32.2. The summed E-state index contributed by atoms with van der Waals surface area (Å²) in [6.07, 6.45) is 2.81. The van der Waals surface area contributed by atoms with E-state index in [1.54, 1.807) is 18.3 Å². The molecule has 108 valence electrons. The van der Waals surface area contributed by atoms with E-state index in [2.05, 4.69) is 19.9 Å². The number of anilines is 1. The lowest BCUT2D eigenvalue weighted by atomic mass is 10.1. The van der Waals surface area contributed by atoms with Crippen molar-refractivity contribution in [1.29, 1.82) is 0 Å². The molecule has 0 saturated heterocycles. The Morgan fingerprint density at radius 1 is 1.19 bits per heavy atom. The molecule has 3 aromatic rings. The molecule has 0 fully saturated rings. The second-order valence-corrected chi connectivity index (χ2v) is 7.07. The smallest absolute Gasteiger partial charge is 0.229 e. The summed E-state index contributed by atoms with van der Waals surface area (Å²) in [5.74, 6) is 0. The third-order valence-corrected chi connectivity index (χ3v) is 4.20. The average Bonchev–Trinajstić information content (AvgIpc) is 3.09. The second-order valence-electron chi connectivity index (χ2n) is 4.46. The number of benzene rings is 1. The number of hydrogen-bond donors (Lipinski definition) is 2. The molecule has 21 heavy (non-hydrogen) atoms. The van der Waals surface area contributed by atoms with Crippen molar-refractivity contribution in [2.24, 2.45) is 0 Å². The van der Waals surface area contributed by atoms with Crippen LogP contribution >= 0.6 is 11.3 Å². The van der Waals surface area contributed by atoms with Crippen LogP contribution in [0.4, 0.5) is 5.69 Å². The number of aromatic nitrogens is 3. The van der Waals surface area contributed by atoms with Gasteiger partial charge in [0.05, 0.1) is 17.6 Å². The topological polar surface area (TPSA) is 87.7 Å². The molecule has 6 nitrogen and oxygen atoms in total. The van der Waals surface area contributed by atoms with Crippen LogP contribution in [0.15, 0.2) is 41.9 Å². The van der Waals surface area contributed by atoms with Gasteiger partial charge in [-0.3, -0.25) is 9.82 Å². The lowest BCUT2D eigenvalue weighted by Gasteiger charge is -2.04. The summed E-state index contributed by atoms with van der Waals surface area (Å²) < 4.78 is 24.7. The molecule has 3 rings (SSSR count). The molecule has 0 unspecified atom stereocenters. The zero-order valence-electron chi connectivity index (χ0n) is 11.1. The Hall–Kier alpha value is -2.19. The van der Waals surface area contributed by atoms with Crippen molar-refractivity contribution in [2.45, 2.75) is 0 Å². The van der Waals surface area contributed by atoms with E-state index in [0.29, 0.717) is 5.69 Å². The maximum Gasteiger partial charge on any atom is 0.229 e. The van der Waals surface area contributed by atoms with E-state index in [4.69, 9.17) is 0 Å². The molecular weight excluding hydrogens is 308 g/mol. The molecule has 0 radical (unpaired) electrons. The minimum Gasteiger partial charge on any atom is -0.284 e. The number of H-pyrrole nitrogens is 1. The van der Waals surface area contributed by atoms with Gasteiger partial charge in [-0.25, -0.2) is 13.4 Å². The second kappa shape index (κ2) is 5.30. The third-order valence-electron chi connectivity index (χ3n) is 2.72. The van der Waals surface area contributed by atoms with Gasteiger partial charge >= 0.3 is 0 Å². The Morgan fingerprint density at radius 3 is 2.57 bits per heavy atom. The van der Waals surface area contributed by atoms with Crippen LogP contribution in [0.2, 0.25) is 0 Å². The van der Waals surface area contributed by atoms with E-state index in [-0.39, 0.29) is 0 Å². The first-order valence-electron chi connectivity index (χ1n) is 6.05. The fourth-order valence-corrected chi connectivity index (χ4v) is 3.20. The summed E-state index contributed by atoms with van der Waals surface area (Å²) in [6, 6.07) is 8.96. The van der Waals surface area contributed by atoms with Gasteiger partial charge in [-0.1, -0.05) is 12.1 Å². The first-order chi connectivity index (χ1) is 10.0. The fourth-order valence-electron chi connectivity index (χ4n) is 1.83. The summed E-state index contributed by atoms with van der Waals surface area (Å²) >= 11 is 1.52. The summed E-state index contributed by atoms with van der Waals surface area (Å²) in [5, 5.41) is 9.59. The Morgan fingerprint density at radius 2 is 1.95 bits per heavy atom. The molecule has 0 saturated carbocycles. The van der Waals surface area contributed by atoms with Crippen LogP contribution in [0, 0.1) is 0 Å². The summed E-state index contributed by atoms with van der Waals surface area (Å²) in [5.41, 5.74) is 3.18. The predicted octanol–water partition coefficient (Wildman–Crippen LogP) is 2.57. The van der Waals surface area contributed by atoms with E-state index >= 15 is 0 Å². The molecule has 0 bridgehead atoms. The highest BCUT2D eigenvalue weighted by molar-refractivity contribution is 7.92. The largest absolute Gasteiger partial charge is 0.284 e. The first kappa shape index (κ1) is 13.8. The highest BCUT2D eigenvalue weighted by Gasteiger charge is 2.08. The zero-order chi connectivity index (χ0) is 14.9. The molecule has 2 heterocycles. The van der Waals surface area contributed by atoms with Gasteiger partial charge in [0.25, 0.3) is 0 Å². The number of aromatic amines is 1. The maximum atomic E-state index is 11.2. The number of rotatable bonds is 4. The molecule has 0 amide bonds. The van der Waals surface area contributed by atoms with Crippen molar-refractivity contribution in [1.82, 2.24) is 15.2 Å². The number of thiazole rings is 1. The maximum absolute atomic E-state index is 11.2. The normalized spacial score (nSPS) is 11.5. The van der Waals surface area contributed by atoms with Crippen LogP contribution in [-0.2, 0) is 10.0 Å². The van der Waals surface area contributed by atoms with Crippen molar-refractivity contribution in [3.8, 4) is 22.0 Å². The van der Waals surface area contributed by atoms with Gasteiger partial charge in [-0.2, -0.15) is 5.10 Å². The lowest BCUT2D eigenvalue weighted by Crippen LogP contribution is -2.09. The van der Waals surface area contributed by atoms with E-state index in [9.17, 15) is 8.42 Å². The van der Waals surface area contributed by atoms with Gasteiger partial charge in [0.2, 0.25) is 10.0 Å². The van der Waals surface area contributed by atoms with E-state index in [1.807, 2.05) is 23.6 Å². The monoisotopic (exact) mass is 320 g/mol. The number of nitrogens with one attached hydrogen (secondary N) is 2. The van der Waals surface area contributed by atoms with Crippen molar-refractivity contribution in [3.05, 3.63) is 41.9 Å². The lowest BCUT2D eigenvalue weighted by molar-refractivity contribution is 0.607. The van der Waals surface area contributed by atoms with Gasteiger partial charge in [0, 0.05) is 22.8 Å². The first-order valence-corrected chi connectivity index (χ1v) is 8.82. The summed E-state index contributed by atoms with van der Waals surface area (Å²) in [6.45, 7) is 0. The molecule has 0 aliphatic heterocycles. The highest BCUT2D eigenvalue weighted by Crippen LogP contribution is 2.28. The zero-order valence-corrected chi connectivity index (χ0v) is 12.7. The molecule has 0 spiro atoms. The van der Waals surface area contributed by atoms with Crippen molar-refractivity contribution in [2.75, 3.05) is 11.0 Å². The van der Waals surface area contributed by atoms with Gasteiger partial charge in [-0.15, -0.1) is 11.3 Å². The molecule has 0 atom stereocenters. The van der Waals surface area contributed by atoms with E-state index in [0.717, 1.165) is 28.2 Å². The molecule has 2 aromatic heterocycles. The van der Waals surface area contributed by atoms with E-state index in [1.165, 1.54) is 11.3 Å². The van der Waals surface area contributed by atoms with Crippen molar-refractivity contribution < 1.29 is 8.42 Å². The SMILES string of the molecule is CS(=O)(=O)Nc1ccc(-c2csc(-c3ccn[nH]3)n2)cc1. The van der Waals surface area contributed by atoms with Gasteiger partial charge in [0.1, 0.15) is 5.01 Å². The Balaban J connectivity index is 1.84. The predicted molar refractivity (Wildman–Crippen MR) is 83.6 cm³/mol. The summed E-state index contributed by atoms with van der Waals surface area (Å²) in [7, 11) is -3.25. The van der Waals surface area contributed by atoms with Crippen LogP contribution in [-0.4, -0.2) is 29.9 Å². The van der Waals surface area contributed by atoms with Crippen LogP contribution in [0.25, 0.3) is 22.0 Å². The third kappa shape index (κ3) is 3.29.